The van der Waals surface area contributed by atoms with Gasteiger partial charge in [0.15, 0.2) is 5.96 Å². The van der Waals surface area contributed by atoms with Crippen molar-refractivity contribution in [2.24, 2.45) is 10.9 Å². The Balaban J connectivity index is 1.82. The molecule has 5 heteroatoms. The number of guanidine groups is 1. The molecule has 1 aliphatic heterocycles. The maximum Gasteiger partial charge on any atom is 0.191 e. The standard InChI is InChI=1S/C18H29FN4/c1-3-20-18(22-13-16-8-4-5-9-17(16)19)21-12-15(2)14-23-10-6-7-11-23/h4-5,8-9,15H,3,6-7,10-14H2,1-2H3,(H2,20,21,22). The smallest absolute Gasteiger partial charge is 0.191 e. The van der Waals surface area contributed by atoms with E-state index < -0.39 is 0 Å². The second kappa shape index (κ2) is 9.50. The lowest BCUT2D eigenvalue weighted by Gasteiger charge is -2.21. The van der Waals surface area contributed by atoms with Crippen LogP contribution in [-0.2, 0) is 6.54 Å². The number of nitrogens with zero attached hydrogens (tertiary/aromatic N) is 2. The number of benzene rings is 1. The molecule has 1 atom stereocenters. The van der Waals surface area contributed by atoms with Crippen molar-refractivity contribution in [2.45, 2.75) is 33.2 Å². The topological polar surface area (TPSA) is 39.7 Å². The molecule has 0 amide bonds. The molecule has 4 nitrogen and oxygen atoms in total. The third-order valence-corrected chi connectivity index (χ3v) is 4.10. The Morgan fingerprint density at radius 1 is 1.26 bits per heavy atom. The minimum absolute atomic E-state index is 0.200. The normalized spacial score (nSPS) is 17.3. The fourth-order valence-electron chi connectivity index (χ4n) is 2.87. The Labute approximate surface area is 139 Å². The van der Waals surface area contributed by atoms with Crippen molar-refractivity contribution in [2.75, 3.05) is 32.7 Å². The molecule has 1 aliphatic rings. The molecule has 1 saturated heterocycles. The van der Waals surface area contributed by atoms with Crippen LogP contribution in [0.15, 0.2) is 29.3 Å². The van der Waals surface area contributed by atoms with Crippen molar-refractivity contribution < 1.29 is 4.39 Å². The molecule has 1 heterocycles. The van der Waals surface area contributed by atoms with Gasteiger partial charge in [-0.05, 0) is 44.8 Å². The molecule has 0 aromatic heterocycles. The van der Waals surface area contributed by atoms with E-state index in [9.17, 15) is 4.39 Å². The molecular formula is C18H29FN4. The van der Waals surface area contributed by atoms with Crippen LogP contribution in [0.2, 0.25) is 0 Å². The van der Waals surface area contributed by atoms with Crippen LogP contribution < -0.4 is 10.6 Å². The van der Waals surface area contributed by atoms with Crippen molar-refractivity contribution in [3.8, 4) is 0 Å². The van der Waals surface area contributed by atoms with E-state index in [0.29, 0.717) is 18.0 Å². The molecule has 1 aromatic rings. The Kier molecular flexibility index (Phi) is 7.33. The SMILES string of the molecule is CCNC(=NCc1ccccc1F)NCC(C)CN1CCCC1. The van der Waals surface area contributed by atoms with Gasteiger partial charge in [0.25, 0.3) is 0 Å². The lowest BCUT2D eigenvalue weighted by molar-refractivity contribution is 0.287. The highest BCUT2D eigenvalue weighted by Gasteiger charge is 2.14. The van der Waals surface area contributed by atoms with Crippen LogP contribution in [0.25, 0.3) is 0 Å². The molecule has 1 aromatic carbocycles. The number of hydrogen-bond donors (Lipinski definition) is 2. The van der Waals surface area contributed by atoms with Gasteiger partial charge < -0.3 is 15.5 Å². The van der Waals surface area contributed by atoms with Gasteiger partial charge in [-0.25, -0.2) is 9.38 Å². The summed E-state index contributed by atoms with van der Waals surface area (Å²) in [6.45, 7) is 9.89. The summed E-state index contributed by atoms with van der Waals surface area (Å²) in [6.07, 6.45) is 2.65. The van der Waals surface area contributed by atoms with Crippen LogP contribution in [0.1, 0.15) is 32.3 Å². The van der Waals surface area contributed by atoms with E-state index in [1.54, 1.807) is 12.1 Å². The summed E-state index contributed by atoms with van der Waals surface area (Å²) in [4.78, 5) is 7.01. The van der Waals surface area contributed by atoms with Crippen LogP contribution in [-0.4, -0.2) is 43.6 Å². The molecule has 128 valence electrons. The first-order chi connectivity index (χ1) is 11.2. The van der Waals surface area contributed by atoms with Crippen molar-refractivity contribution >= 4 is 5.96 Å². The van der Waals surface area contributed by atoms with E-state index in [0.717, 1.165) is 25.6 Å². The third-order valence-electron chi connectivity index (χ3n) is 4.10. The predicted molar refractivity (Wildman–Crippen MR) is 94.1 cm³/mol. The van der Waals surface area contributed by atoms with Gasteiger partial charge in [-0.2, -0.15) is 0 Å². The number of rotatable bonds is 7. The van der Waals surface area contributed by atoms with Crippen LogP contribution in [0, 0.1) is 11.7 Å². The van der Waals surface area contributed by atoms with E-state index in [2.05, 4.69) is 27.4 Å². The summed E-state index contributed by atoms with van der Waals surface area (Å²) in [7, 11) is 0. The summed E-state index contributed by atoms with van der Waals surface area (Å²) in [5.74, 6) is 1.11. The largest absolute Gasteiger partial charge is 0.357 e. The zero-order valence-corrected chi connectivity index (χ0v) is 14.3. The van der Waals surface area contributed by atoms with E-state index in [1.165, 1.54) is 32.0 Å². The minimum Gasteiger partial charge on any atom is -0.357 e. The Bertz CT molecular complexity index is 498. The maximum absolute atomic E-state index is 13.7. The summed E-state index contributed by atoms with van der Waals surface area (Å²) in [5, 5.41) is 6.60. The third kappa shape index (κ3) is 6.18. The van der Waals surface area contributed by atoms with Gasteiger partial charge in [0, 0.05) is 25.2 Å². The molecule has 0 aliphatic carbocycles. The van der Waals surface area contributed by atoms with Gasteiger partial charge in [0.2, 0.25) is 0 Å². The molecule has 1 fully saturated rings. The molecule has 0 saturated carbocycles. The van der Waals surface area contributed by atoms with Crippen molar-refractivity contribution in [3.05, 3.63) is 35.6 Å². The molecule has 0 radical (unpaired) electrons. The number of aliphatic imine (C=N–C) groups is 1. The highest BCUT2D eigenvalue weighted by molar-refractivity contribution is 5.79. The highest BCUT2D eigenvalue weighted by atomic mass is 19.1. The fourth-order valence-corrected chi connectivity index (χ4v) is 2.87. The van der Waals surface area contributed by atoms with E-state index in [4.69, 9.17) is 0 Å². The summed E-state index contributed by atoms with van der Waals surface area (Å²) in [6, 6.07) is 6.79. The number of nitrogens with one attached hydrogen (secondary N) is 2. The molecule has 23 heavy (non-hydrogen) atoms. The predicted octanol–water partition coefficient (Wildman–Crippen LogP) is 2.61. The Hall–Kier alpha value is -1.62. The fraction of sp³-hybridized carbons (Fsp3) is 0.611. The molecule has 1 unspecified atom stereocenters. The van der Waals surface area contributed by atoms with Crippen LogP contribution in [0.5, 0.6) is 0 Å². The lowest BCUT2D eigenvalue weighted by Crippen LogP contribution is -2.41. The monoisotopic (exact) mass is 320 g/mol. The minimum atomic E-state index is -0.200. The average molecular weight is 320 g/mol. The van der Waals surface area contributed by atoms with Gasteiger partial charge >= 0.3 is 0 Å². The molecule has 2 rings (SSSR count). The second-order valence-electron chi connectivity index (χ2n) is 6.28. The molecule has 0 spiro atoms. The summed E-state index contributed by atoms with van der Waals surface area (Å²) >= 11 is 0. The zero-order valence-electron chi connectivity index (χ0n) is 14.3. The number of hydrogen-bond acceptors (Lipinski definition) is 2. The van der Waals surface area contributed by atoms with E-state index in [1.807, 2.05) is 13.0 Å². The first-order valence-electron chi connectivity index (χ1n) is 8.67. The van der Waals surface area contributed by atoms with Crippen molar-refractivity contribution in [1.82, 2.24) is 15.5 Å². The van der Waals surface area contributed by atoms with Crippen LogP contribution >= 0.6 is 0 Å². The zero-order chi connectivity index (χ0) is 16.5. The summed E-state index contributed by atoms with van der Waals surface area (Å²) in [5.41, 5.74) is 0.620. The summed E-state index contributed by atoms with van der Waals surface area (Å²) < 4.78 is 13.7. The van der Waals surface area contributed by atoms with E-state index in [-0.39, 0.29) is 5.82 Å². The van der Waals surface area contributed by atoms with Gasteiger partial charge in [0.1, 0.15) is 5.82 Å². The molecule has 0 bridgehead atoms. The van der Waals surface area contributed by atoms with Crippen LogP contribution in [0.3, 0.4) is 0 Å². The van der Waals surface area contributed by atoms with E-state index >= 15 is 0 Å². The quantitative estimate of drug-likeness (QED) is 0.599. The lowest BCUT2D eigenvalue weighted by atomic mass is 10.1. The first-order valence-corrected chi connectivity index (χ1v) is 8.67. The highest BCUT2D eigenvalue weighted by Crippen LogP contribution is 2.10. The van der Waals surface area contributed by atoms with Crippen molar-refractivity contribution in [3.63, 3.8) is 0 Å². The van der Waals surface area contributed by atoms with Crippen LogP contribution in [0.4, 0.5) is 4.39 Å². The Morgan fingerprint density at radius 2 is 2.00 bits per heavy atom. The number of likely N-dealkylation sites (tertiary alicyclic amines) is 1. The van der Waals surface area contributed by atoms with Gasteiger partial charge in [-0.3, -0.25) is 0 Å². The molecular weight excluding hydrogens is 291 g/mol. The maximum atomic E-state index is 13.7. The number of halogens is 1. The molecule has 2 N–H and O–H groups in total. The average Bonchev–Trinajstić information content (AvgIpc) is 3.04. The van der Waals surface area contributed by atoms with Gasteiger partial charge in [0.05, 0.1) is 6.54 Å². The van der Waals surface area contributed by atoms with Gasteiger partial charge in [-0.1, -0.05) is 25.1 Å². The second-order valence-corrected chi connectivity index (χ2v) is 6.28. The first kappa shape index (κ1) is 17.7. The van der Waals surface area contributed by atoms with Gasteiger partial charge in [-0.15, -0.1) is 0 Å². The van der Waals surface area contributed by atoms with Crippen molar-refractivity contribution in [1.29, 1.82) is 0 Å². The Morgan fingerprint density at radius 3 is 2.70 bits per heavy atom.